The van der Waals surface area contributed by atoms with Gasteiger partial charge in [0.1, 0.15) is 23.9 Å². The summed E-state index contributed by atoms with van der Waals surface area (Å²) < 4.78 is 5.14. The number of ketones is 1. The first-order valence-corrected chi connectivity index (χ1v) is 16.1. The molecule has 0 fully saturated rings. The van der Waals surface area contributed by atoms with Crippen LogP contribution in [0.5, 0.6) is 11.5 Å². The summed E-state index contributed by atoms with van der Waals surface area (Å²) in [6.45, 7) is 9.28. The molecule has 0 bridgehead atoms. The average molecular weight is 662 g/mol. The van der Waals surface area contributed by atoms with E-state index in [-0.39, 0.29) is 41.8 Å². The molecule has 0 aliphatic rings. The molecule has 0 aliphatic carbocycles. The number of methoxy groups -OCH3 is 1. The number of aliphatic carboxylic acids is 2. The van der Waals surface area contributed by atoms with E-state index in [9.17, 15) is 34.2 Å². The van der Waals surface area contributed by atoms with Gasteiger partial charge in [0.05, 0.1) is 13.5 Å². The van der Waals surface area contributed by atoms with Gasteiger partial charge in [0, 0.05) is 30.3 Å². The first kappa shape index (κ1) is 39.9. The minimum absolute atomic E-state index is 0.00225. The number of rotatable bonds is 24. The molecule has 0 aromatic heterocycles. The number of hydrogen-bond donors (Lipinski definition) is 6. The van der Waals surface area contributed by atoms with Gasteiger partial charge in [0.2, 0.25) is 11.8 Å². The SMILES string of the molecule is C=C/C=C(\C=C)CC(NC(=O)C(CSC(CCCCC)CC(=O)CCc1ccc(O)c(OC)c1)NC(=O)CC(N)C(=O)O)C(=O)O. The zero-order valence-corrected chi connectivity index (χ0v) is 27.4. The van der Waals surface area contributed by atoms with Crippen LogP contribution in [0.15, 0.2) is 55.2 Å². The van der Waals surface area contributed by atoms with Gasteiger partial charge >= 0.3 is 11.9 Å². The van der Waals surface area contributed by atoms with Crippen LogP contribution in [-0.2, 0) is 30.4 Å². The maximum absolute atomic E-state index is 13.4. The number of aromatic hydroxyl groups is 1. The van der Waals surface area contributed by atoms with E-state index in [1.807, 2.05) is 0 Å². The molecule has 1 rings (SSSR count). The van der Waals surface area contributed by atoms with Crippen LogP contribution in [0.2, 0.25) is 0 Å². The lowest BCUT2D eigenvalue weighted by Gasteiger charge is -2.24. The molecule has 2 amide bonds. The third-order valence-corrected chi connectivity index (χ3v) is 8.44. The molecule has 0 heterocycles. The summed E-state index contributed by atoms with van der Waals surface area (Å²) in [5.41, 5.74) is 6.85. The molecule has 0 aliphatic heterocycles. The standard InChI is InChI=1S/C33H47N3O9S/c1-5-8-9-11-24(18-23(37)14-12-22-13-15-28(38)29(17-22)45-4)46-20-27(35-30(39)19-25(34)32(41)42)31(40)36-26(33(43)44)16-21(7-3)10-6-2/h6-7,10,13,15,17,24-27,38H,2-3,5,8-9,11-12,14,16,18-20,34H2,1,4H3,(H,35,39)(H,36,40)(H,41,42)(H,43,44)/b21-10+. The number of carboxylic acids is 2. The van der Waals surface area contributed by atoms with Crippen molar-refractivity contribution in [3.8, 4) is 11.5 Å². The minimum atomic E-state index is -1.49. The Balaban J connectivity index is 3.09. The Morgan fingerprint density at radius 3 is 2.33 bits per heavy atom. The number of phenols is 1. The van der Waals surface area contributed by atoms with Crippen molar-refractivity contribution in [2.45, 2.75) is 88.1 Å². The molecule has 12 nitrogen and oxygen atoms in total. The number of aryl methyl sites for hydroxylation is 1. The van der Waals surface area contributed by atoms with Crippen molar-refractivity contribution in [3.63, 3.8) is 0 Å². The van der Waals surface area contributed by atoms with Crippen molar-refractivity contribution in [1.29, 1.82) is 0 Å². The fraction of sp³-hybridized carbons (Fsp3) is 0.485. The number of thioether (sulfide) groups is 1. The van der Waals surface area contributed by atoms with Crippen molar-refractivity contribution in [3.05, 3.63) is 60.7 Å². The minimum Gasteiger partial charge on any atom is -0.504 e. The van der Waals surface area contributed by atoms with Crippen LogP contribution in [-0.4, -0.2) is 81.1 Å². The van der Waals surface area contributed by atoms with Crippen LogP contribution < -0.4 is 21.1 Å². The maximum atomic E-state index is 13.4. The monoisotopic (exact) mass is 661 g/mol. The molecule has 0 saturated carbocycles. The van der Waals surface area contributed by atoms with Crippen molar-refractivity contribution < 1.29 is 44.0 Å². The quantitative estimate of drug-likeness (QED) is 0.0698. The molecular weight excluding hydrogens is 614 g/mol. The summed E-state index contributed by atoms with van der Waals surface area (Å²) in [5.74, 6) is -3.94. The topological polar surface area (TPSA) is 205 Å². The predicted octanol–water partition coefficient (Wildman–Crippen LogP) is 3.52. The highest BCUT2D eigenvalue weighted by atomic mass is 32.2. The number of amides is 2. The number of ether oxygens (including phenoxy) is 1. The van der Waals surface area contributed by atoms with Gasteiger partial charge in [-0.05, 0) is 36.1 Å². The number of carboxylic acid groups (broad SMARTS) is 2. The van der Waals surface area contributed by atoms with E-state index in [1.165, 1.54) is 37.1 Å². The summed E-state index contributed by atoms with van der Waals surface area (Å²) in [5, 5.41) is 33.4. The number of phenolic OH excluding ortho intramolecular Hbond substituents is 1. The van der Waals surface area contributed by atoms with E-state index in [0.29, 0.717) is 24.2 Å². The molecule has 1 aromatic rings. The van der Waals surface area contributed by atoms with Crippen LogP contribution in [0, 0.1) is 0 Å². The Morgan fingerprint density at radius 2 is 1.74 bits per heavy atom. The van der Waals surface area contributed by atoms with Gasteiger partial charge in [0.25, 0.3) is 0 Å². The van der Waals surface area contributed by atoms with Gasteiger partial charge in [-0.15, -0.1) is 0 Å². The molecule has 254 valence electrons. The molecule has 7 N–H and O–H groups in total. The lowest BCUT2D eigenvalue weighted by atomic mass is 10.0. The lowest BCUT2D eigenvalue weighted by molar-refractivity contribution is -0.142. The summed E-state index contributed by atoms with van der Waals surface area (Å²) >= 11 is 1.31. The van der Waals surface area contributed by atoms with Crippen LogP contribution in [0.1, 0.15) is 63.9 Å². The second-order valence-corrected chi connectivity index (χ2v) is 12.1. The Bertz CT molecular complexity index is 1250. The van der Waals surface area contributed by atoms with Gasteiger partial charge in [0.15, 0.2) is 11.5 Å². The maximum Gasteiger partial charge on any atom is 0.326 e. The normalized spacial score (nSPS) is 13.8. The van der Waals surface area contributed by atoms with Gasteiger partial charge < -0.3 is 36.4 Å². The zero-order chi connectivity index (χ0) is 34.6. The highest BCUT2D eigenvalue weighted by Gasteiger charge is 2.29. The molecule has 0 saturated heterocycles. The molecule has 13 heteroatoms. The first-order chi connectivity index (χ1) is 21.8. The summed E-state index contributed by atoms with van der Waals surface area (Å²) in [4.78, 5) is 62.2. The predicted molar refractivity (Wildman–Crippen MR) is 178 cm³/mol. The Kier molecular flexibility index (Phi) is 18.7. The molecule has 46 heavy (non-hydrogen) atoms. The van der Waals surface area contributed by atoms with Gasteiger partial charge in [-0.3, -0.25) is 19.2 Å². The second-order valence-electron chi connectivity index (χ2n) is 10.8. The number of carbonyl (C=O) groups is 5. The van der Waals surface area contributed by atoms with Gasteiger partial charge in [-0.25, -0.2) is 4.79 Å². The third kappa shape index (κ3) is 15.3. The highest BCUT2D eigenvalue weighted by molar-refractivity contribution is 8.00. The number of allylic oxidation sites excluding steroid dienone is 3. The number of nitrogens with two attached hydrogens (primary N) is 1. The molecule has 1 aromatic carbocycles. The number of nitrogens with one attached hydrogen (secondary N) is 2. The van der Waals surface area contributed by atoms with Gasteiger partial charge in [-0.2, -0.15) is 11.8 Å². The number of Topliss-reactive ketones (excluding diaryl/α,β-unsaturated/α-hetero) is 1. The molecule has 0 radical (unpaired) electrons. The Morgan fingerprint density at radius 1 is 1.02 bits per heavy atom. The van der Waals surface area contributed by atoms with Crippen molar-refractivity contribution in [2.75, 3.05) is 12.9 Å². The van der Waals surface area contributed by atoms with E-state index in [0.717, 1.165) is 24.8 Å². The highest BCUT2D eigenvalue weighted by Crippen LogP contribution is 2.28. The summed E-state index contributed by atoms with van der Waals surface area (Å²) in [7, 11) is 1.44. The molecule has 0 spiro atoms. The summed E-state index contributed by atoms with van der Waals surface area (Å²) in [6, 6.07) is 0.833. The van der Waals surface area contributed by atoms with E-state index in [4.69, 9.17) is 15.6 Å². The van der Waals surface area contributed by atoms with Crippen molar-refractivity contribution in [2.24, 2.45) is 5.73 Å². The third-order valence-electron chi connectivity index (χ3n) is 7.04. The van der Waals surface area contributed by atoms with E-state index >= 15 is 0 Å². The van der Waals surface area contributed by atoms with Crippen molar-refractivity contribution in [1.82, 2.24) is 10.6 Å². The lowest BCUT2D eigenvalue weighted by Crippen LogP contribution is -2.53. The fourth-order valence-corrected chi connectivity index (χ4v) is 5.75. The zero-order valence-electron chi connectivity index (χ0n) is 26.5. The van der Waals surface area contributed by atoms with E-state index in [2.05, 4.69) is 30.7 Å². The number of hydrogen-bond acceptors (Lipinski definition) is 9. The number of unbranched alkanes of at least 4 members (excludes halogenated alkanes) is 2. The fourth-order valence-electron chi connectivity index (χ4n) is 4.42. The van der Waals surface area contributed by atoms with Gasteiger partial charge in [-0.1, -0.05) is 63.6 Å². The smallest absolute Gasteiger partial charge is 0.326 e. The van der Waals surface area contributed by atoms with E-state index < -0.39 is 48.3 Å². The number of carbonyl (C=O) groups excluding carboxylic acids is 3. The molecule has 4 atom stereocenters. The first-order valence-electron chi connectivity index (χ1n) is 15.1. The van der Waals surface area contributed by atoms with Crippen LogP contribution in [0.25, 0.3) is 0 Å². The van der Waals surface area contributed by atoms with Crippen LogP contribution in [0.4, 0.5) is 0 Å². The molecular formula is C33H47N3O9S. The Labute approximate surface area is 274 Å². The van der Waals surface area contributed by atoms with Crippen LogP contribution in [0.3, 0.4) is 0 Å². The van der Waals surface area contributed by atoms with E-state index in [1.54, 1.807) is 18.2 Å². The summed E-state index contributed by atoms with van der Waals surface area (Å²) in [6.07, 6.45) is 8.12. The Hall–Kier alpha value is -4.10. The molecule has 4 unspecified atom stereocenters. The second kappa shape index (κ2) is 21.6. The number of benzene rings is 1. The van der Waals surface area contributed by atoms with Crippen LogP contribution >= 0.6 is 11.8 Å². The average Bonchev–Trinajstić information content (AvgIpc) is 3.01. The van der Waals surface area contributed by atoms with Crippen molar-refractivity contribution >= 4 is 41.3 Å². The largest absolute Gasteiger partial charge is 0.504 e.